The first-order chi connectivity index (χ1) is 7.45. The Bertz CT molecular complexity index is 382. The number of nitrogens with two attached hydrogens (primary N) is 1. The van der Waals surface area contributed by atoms with Crippen LogP contribution in [0.3, 0.4) is 0 Å². The molecule has 0 aromatic carbocycles. The highest BCUT2D eigenvalue weighted by molar-refractivity contribution is 5.71. The van der Waals surface area contributed by atoms with Gasteiger partial charge in [-0.1, -0.05) is 19.9 Å². The zero-order valence-corrected chi connectivity index (χ0v) is 9.99. The molecule has 1 saturated heterocycles. The minimum absolute atomic E-state index is 0.0806. The molecule has 0 aromatic rings. The number of allylic oxidation sites excluding steroid dienone is 3. The van der Waals surface area contributed by atoms with Gasteiger partial charge in [0.2, 0.25) is 0 Å². The highest BCUT2D eigenvalue weighted by Gasteiger charge is 2.45. The molecule has 2 N–H and O–H groups in total. The fraction of sp³-hybridized carbons (Fsp3) is 0.583. The monoisotopic (exact) mass is 222 g/mol. The van der Waals surface area contributed by atoms with Gasteiger partial charge in [-0.3, -0.25) is 4.90 Å². The van der Waals surface area contributed by atoms with Crippen molar-refractivity contribution >= 4 is 6.09 Å². The lowest BCUT2D eigenvalue weighted by molar-refractivity contribution is 0.136. The summed E-state index contributed by atoms with van der Waals surface area (Å²) in [4.78, 5) is 13.4. The van der Waals surface area contributed by atoms with Gasteiger partial charge in [0.1, 0.15) is 0 Å². The molecule has 0 spiro atoms. The minimum Gasteiger partial charge on any atom is -0.452 e. The number of ether oxygens (including phenoxy) is 1. The fourth-order valence-corrected chi connectivity index (χ4v) is 2.58. The molecule has 0 saturated carbocycles. The molecule has 4 heteroatoms. The molecule has 16 heavy (non-hydrogen) atoms. The van der Waals surface area contributed by atoms with Crippen LogP contribution in [-0.4, -0.2) is 24.6 Å². The molecular formula is C12H18N2O2. The second-order valence-corrected chi connectivity index (χ2v) is 5.11. The van der Waals surface area contributed by atoms with Gasteiger partial charge in [0, 0.05) is 23.9 Å². The SMILES string of the molecule is COC(=O)N1CC(C)(C)C2CC=C(N)C=C21. The lowest BCUT2D eigenvalue weighted by Gasteiger charge is -2.26. The van der Waals surface area contributed by atoms with Gasteiger partial charge >= 0.3 is 6.09 Å². The number of fused-ring (bicyclic) bond motifs is 1. The number of methoxy groups -OCH3 is 1. The zero-order valence-electron chi connectivity index (χ0n) is 9.99. The Balaban J connectivity index is 2.36. The van der Waals surface area contributed by atoms with Crippen molar-refractivity contribution in [3.63, 3.8) is 0 Å². The van der Waals surface area contributed by atoms with Crippen LogP contribution >= 0.6 is 0 Å². The van der Waals surface area contributed by atoms with E-state index in [4.69, 9.17) is 10.5 Å². The number of nitrogens with zero attached hydrogens (tertiary/aromatic N) is 1. The van der Waals surface area contributed by atoms with E-state index < -0.39 is 0 Å². The smallest absolute Gasteiger partial charge is 0.413 e. The first kappa shape index (κ1) is 11.0. The molecule has 0 bridgehead atoms. The maximum Gasteiger partial charge on any atom is 0.413 e. The van der Waals surface area contributed by atoms with Crippen LogP contribution in [0.5, 0.6) is 0 Å². The quantitative estimate of drug-likeness (QED) is 0.680. The highest BCUT2D eigenvalue weighted by Crippen LogP contribution is 2.46. The summed E-state index contributed by atoms with van der Waals surface area (Å²) in [5, 5.41) is 0. The molecule has 1 atom stereocenters. The van der Waals surface area contributed by atoms with Gasteiger partial charge in [-0.15, -0.1) is 0 Å². The van der Waals surface area contributed by atoms with Crippen molar-refractivity contribution < 1.29 is 9.53 Å². The summed E-state index contributed by atoms with van der Waals surface area (Å²) >= 11 is 0. The number of hydrogen-bond donors (Lipinski definition) is 1. The topological polar surface area (TPSA) is 55.6 Å². The Morgan fingerprint density at radius 2 is 2.31 bits per heavy atom. The molecular weight excluding hydrogens is 204 g/mol. The van der Waals surface area contributed by atoms with E-state index in [0.29, 0.717) is 12.5 Å². The largest absolute Gasteiger partial charge is 0.452 e. The maximum atomic E-state index is 11.7. The normalized spacial score (nSPS) is 26.9. The molecule has 4 nitrogen and oxygen atoms in total. The fourth-order valence-electron chi connectivity index (χ4n) is 2.58. The van der Waals surface area contributed by atoms with E-state index in [2.05, 4.69) is 13.8 Å². The van der Waals surface area contributed by atoms with E-state index in [1.165, 1.54) is 7.11 Å². The predicted octanol–water partition coefficient (Wildman–Crippen LogP) is 1.84. The molecule has 0 radical (unpaired) electrons. The van der Waals surface area contributed by atoms with Gasteiger partial charge in [-0.25, -0.2) is 4.79 Å². The Hall–Kier alpha value is -1.45. The molecule has 2 rings (SSSR count). The average Bonchev–Trinajstić information content (AvgIpc) is 2.49. The number of amides is 1. The molecule has 88 valence electrons. The van der Waals surface area contributed by atoms with Crippen molar-refractivity contribution in [2.45, 2.75) is 20.3 Å². The van der Waals surface area contributed by atoms with E-state index >= 15 is 0 Å². The van der Waals surface area contributed by atoms with Gasteiger partial charge in [0.25, 0.3) is 0 Å². The summed E-state index contributed by atoms with van der Waals surface area (Å²) < 4.78 is 4.80. The third kappa shape index (κ3) is 1.58. The maximum absolute atomic E-state index is 11.7. The number of hydrogen-bond acceptors (Lipinski definition) is 3. The highest BCUT2D eigenvalue weighted by atomic mass is 16.5. The van der Waals surface area contributed by atoms with Crippen molar-refractivity contribution in [1.29, 1.82) is 0 Å². The van der Waals surface area contributed by atoms with Crippen molar-refractivity contribution in [2.75, 3.05) is 13.7 Å². The number of carbonyl (C=O) groups excluding carboxylic acids is 1. The number of likely N-dealkylation sites (tertiary alicyclic amines) is 1. The van der Waals surface area contributed by atoms with Crippen LogP contribution < -0.4 is 5.73 Å². The summed E-state index contributed by atoms with van der Waals surface area (Å²) in [6, 6.07) is 0. The van der Waals surface area contributed by atoms with Gasteiger partial charge in [0.05, 0.1) is 7.11 Å². The van der Waals surface area contributed by atoms with Gasteiger partial charge < -0.3 is 10.5 Å². The van der Waals surface area contributed by atoms with Crippen molar-refractivity contribution in [3.8, 4) is 0 Å². The van der Waals surface area contributed by atoms with E-state index in [1.54, 1.807) is 4.90 Å². The van der Waals surface area contributed by atoms with Crippen molar-refractivity contribution in [3.05, 3.63) is 23.5 Å². The first-order valence-electron chi connectivity index (χ1n) is 5.48. The Morgan fingerprint density at radius 3 is 2.94 bits per heavy atom. The molecule has 1 aliphatic heterocycles. The summed E-state index contributed by atoms with van der Waals surface area (Å²) in [7, 11) is 1.41. The van der Waals surface area contributed by atoms with Gasteiger partial charge in [0.15, 0.2) is 0 Å². The third-order valence-electron chi connectivity index (χ3n) is 3.48. The van der Waals surface area contributed by atoms with Crippen LogP contribution in [-0.2, 0) is 4.74 Å². The second-order valence-electron chi connectivity index (χ2n) is 5.11. The molecule has 1 fully saturated rings. The van der Waals surface area contributed by atoms with E-state index in [-0.39, 0.29) is 11.5 Å². The summed E-state index contributed by atoms with van der Waals surface area (Å²) in [5.74, 6) is 0.360. The minimum atomic E-state index is -0.295. The van der Waals surface area contributed by atoms with Crippen LogP contribution in [0.1, 0.15) is 20.3 Å². The Morgan fingerprint density at radius 1 is 1.62 bits per heavy atom. The molecule has 2 aliphatic rings. The lowest BCUT2D eigenvalue weighted by Crippen LogP contribution is -2.29. The van der Waals surface area contributed by atoms with Crippen molar-refractivity contribution in [1.82, 2.24) is 4.90 Å². The predicted molar refractivity (Wildman–Crippen MR) is 61.4 cm³/mol. The number of rotatable bonds is 0. The Labute approximate surface area is 95.7 Å². The summed E-state index contributed by atoms with van der Waals surface area (Å²) in [6.45, 7) is 5.03. The molecule has 1 aliphatic carbocycles. The Kier molecular flexibility index (Phi) is 2.45. The van der Waals surface area contributed by atoms with Gasteiger partial charge in [-0.2, -0.15) is 0 Å². The molecule has 1 heterocycles. The average molecular weight is 222 g/mol. The van der Waals surface area contributed by atoms with Crippen LogP contribution in [0.25, 0.3) is 0 Å². The summed E-state index contributed by atoms with van der Waals surface area (Å²) in [5.41, 5.74) is 7.60. The van der Waals surface area contributed by atoms with Gasteiger partial charge in [-0.05, 0) is 17.9 Å². The van der Waals surface area contributed by atoms with E-state index in [0.717, 1.165) is 17.8 Å². The lowest BCUT2D eigenvalue weighted by atomic mass is 9.77. The number of carbonyl (C=O) groups is 1. The standard InChI is InChI=1S/C12H18N2O2/c1-12(2)7-14(11(15)16-3)10-6-8(13)4-5-9(10)12/h4,6,9H,5,7,13H2,1-3H3. The zero-order chi connectivity index (χ0) is 11.9. The molecule has 1 amide bonds. The van der Waals surface area contributed by atoms with Crippen LogP contribution in [0.4, 0.5) is 4.79 Å². The van der Waals surface area contributed by atoms with Crippen molar-refractivity contribution in [2.24, 2.45) is 17.1 Å². The van der Waals surface area contributed by atoms with E-state index in [1.807, 2.05) is 12.2 Å². The van der Waals surface area contributed by atoms with Crippen LogP contribution in [0.15, 0.2) is 23.5 Å². The molecule has 0 aromatic heterocycles. The third-order valence-corrected chi connectivity index (χ3v) is 3.48. The van der Waals surface area contributed by atoms with Crippen LogP contribution in [0, 0.1) is 11.3 Å². The second kappa shape index (κ2) is 3.54. The molecule has 1 unspecified atom stereocenters. The summed E-state index contributed by atoms with van der Waals surface area (Å²) in [6.07, 6.45) is 4.52. The first-order valence-corrected chi connectivity index (χ1v) is 5.48. The van der Waals surface area contributed by atoms with E-state index in [9.17, 15) is 4.79 Å². The van der Waals surface area contributed by atoms with Crippen LogP contribution in [0.2, 0.25) is 0 Å².